The Morgan fingerprint density at radius 3 is 2.16 bits per heavy atom. The van der Waals surface area contributed by atoms with Gasteiger partial charge in [0.2, 0.25) is 5.91 Å². The SMILES string of the molecule is CC(=O)N1C[C@H]2CC[C@H](O[C@H](C)c3cc(C(F)(F)F)cc(C(F)(F)F)c3)[C@@H](c3ccc(F)cc3C)[C@@H]2C1O. The zero-order valence-electron chi connectivity index (χ0n) is 20.9. The van der Waals surface area contributed by atoms with Crippen LogP contribution in [0.2, 0.25) is 0 Å². The van der Waals surface area contributed by atoms with E-state index in [4.69, 9.17) is 4.74 Å². The molecule has 4 rings (SSSR count). The summed E-state index contributed by atoms with van der Waals surface area (Å²) >= 11 is 0. The number of carbonyl (C=O) groups excluding carboxylic acids is 1. The Balaban J connectivity index is 1.73. The standard InChI is InChI=1S/C27H28F7NO3/c1-13-8-20(28)5-6-21(13)24-22(7-4-16-12-35(15(3)36)25(37)23(16)24)38-14(2)17-9-18(26(29,30)31)11-19(10-17)27(32,33)34/h5-6,8-11,14,16,22-25,37H,4,7,12H2,1-3H3/t14-,16-,22+,23-,24-,25?/m1/s1. The van der Waals surface area contributed by atoms with Crippen molar-refractivity contribution in [3.05, 3.63) is 70.0 Å². The van der Waals surface area contributed by atoms with Gasteiger partial charge >= 0.3 is 12.4 Å². The molecule has 38 heavy (non-hydrogen) atoms. The summed E-state index contributed by atoms with van der Waals surface area (Å²) in [5.74, 6) is -2.00. The van der Waals surface area contributed by atoms with Crippen molar-refractivity contribution >= 4 is 5.91 Å². The van der Waals surface area contributed by atoms with E-state index in [9.17, 15) is 40.6 Å². The number of hydrogen-bond donors (Lipinski definition) is 1. The van der Waals surface area contributed by atoms with Crippen LogP contribution in [-0.2, 0) is 21.9 Å². The first-order valence-electron chi connectivity index (χ1n) is 12.2. The molecule has 1 heterocycles. The van der Waals surface area contributed by atoms with Crippen LogP contribution in [0.1, 0.15) is 66.5 Å². The molecule has 2 aromatic rings. The maximum Gasteiger partial charge on any atom is 0.416 e. The Hall–Kier alpha value is -2.66. The molecule has 6 atom stereocenters. The summed E-state index contributed by atoms with van der Waals surface area (Å²) in [5.41, 5.74) is -1.96. The van der Waals surface area contributed by atoms with E-state index in [0.717, 1.165) is 0 Å². The first kappa shape index (κ1) is 28.4. The number of amides is 1. The Kier molecular flexibility index (Phi) is 7.57. The number of alkyl halides is 6. The second kappa shape index (κ2) is 10.1. The minimum atomic E-state index is -4.99. The zero-order chi connectivity index (χ0) is 28.2. The van der Waals surface area contributed by atoms with Crippen molar-refractivity contribution in [2.24, 2.45) is 11.8 Å². The topological polar surface area (TPSA) is 49.8 Å². The van der Waals surface area contributed by atoms with Crippen molar-refractivity contribution in [2.45, 2.75) is 70.3 Å². The molecule has 2 fully saturated rings. The molecule has 0 spiro atoms. The van der Waals surface area contributed by atoms with Crippen molar-refractivity contribution in [3.63, 3.8) is 0 Å². The van der Waals surface area contributed by atoms with Gasteiger partial charge in [-0.25, -0.2) is 4.39 Å². The van der Waals surface area contributed by atoms with Crippen LogP contribution in [0.5, 0.6) is 0 Å². The number of likely N-dealkylation sites (tertiary alicyclic amines) is 1. The van der Waals surface area contributed by atoms with E-state index in [-0.39, 0.29) is 23.5 Å². The van der Waals surface area contributed by atoms with Gasteiger partial charge in [-0.2, -0.15) is 26.3 Å². The number of aliphatic hydroxyl groups is 1. The lowest BCUT2D eigenvalue weighted by Crippen LogP contribution is -2.43. The quantitative estimate of drug-likeness (QED) is 0.439. The van der Waals surface area contributed by atoms with Gasteiger partial charge in [-0.1, -0.05) is 6.07 Å². The van der Waals surface area contributed by atoms with Crippen molar-refractivity contribution in [1.82, 2.24) is 4.90 Å². The molecule has 1 aliphatic heterocycles. The molecule has 1 saturated heterocycles. The summed E-state index contributed by atoms with van der Waals surface area (Å²) in [4.78, 5) is 13.5. The summed E-state index contributed by atoms with van der Waals surface area (Å²) < 4.78 is 101. The lowest BCUT2D eigenvalue weighted by atomic mass is 9.68. The summed E-state index contributed by atoms with van der Waals surface area (Å²) in [6.07, 6.45) is -12.1. The minimum absolute atomic E-state index is 0.0668. The molecular weight excluding hydrogens is 519 g/mol. The van der Waals surface area contributed by atoms with E-state index >= 15 is 0 Å². The molecule has 2 aromatic carbocycles. The Morgan fingerprint density at radius 2 is 1.63 bits per heavy atom. The molecule has 1 unspecified atom stereocenters. The zero-order valence-corrected chi connectivity index (χ0v) is 20.9. The first-order chi connectivity index (χ1) is 17.6. The molecular formula is C27H28F7NO3. The van der Waals surface area contributed by atoms with Crippen molar-refractivity contribution in [1.29, 1.82) is 0 Å². The number of aryl methyl sites for hydroxylation is 1. The largest absolute Gasteiger partial charge is 0.416 e. The lowest BCUT2D eigenvalue weighted by Gasteiger charge is -2.42. The molecule has 1 saturated carbocycles. The molecule has 208 valence electrons. The molecule has 11 heteroatoms. The van der Waals surface area contributed by atoms with Crippen molar-refractivity contribution < 1.29 is 45.4 Å². The normalized spacial score (nSPS) is 26.8. The number of aliphatic hydroxyl groups excluding tert-OH is 1. The molecule has 0 bridgehead atoms. The van der Waals surface area contributed by atoms with E-state index in [1.165, 1.54) is 30.9 Å². The second-order valence-electron chi connectivity index (χ2n) is 10.2. The predicted molar refractivity (Wildman–Crippen MR) is 123 cm³/mol. The Labute approximate surface area is 215 Å². The molecule has 1 N–H and O–H groups in total. The van der Waals surface area contributed by atoms with Gasteiger partial charge in [-0.15, -0.1) is 0 Å². The third kappa shape index (κ3) is 5.54. The molecule has 1 aliphatic carbocycles. The number of benzene rings is 2. The molecule has 2 aliphatic rings. The Bertz CT molecular complexity index is 1160. The average molecular weight is 548 g/mol. The number of fused-ring (bicyclic) bond motifs is 1. The van der Waals surface area contributed by atoms with Crippen LogP contribution in [0.25, 0.3) is 0 Å². The number of halogens is 7. The monoisotopic (exact) mass is 547 g/mol. The second-order valence-corrected chi connectivity index (χ2v) is 10.2. The van der Waals surface area contributed by atoms with Gasteiger partial charge in [0.05, 0.1) is 23.3 Å². The fourth-order valence-electron chi connectivity index (χ4n) is 5.94. The average Bonchev–Trinajstić information content (AvgIpc) is 3.15. The highest BCUT2D eigenvalue weighted by molar-refractivity contribution is 5.74. The van der Waals surface area contributed by atoms with Gasteiger partial charge in [0.1, 0.15) is 12.0 Å². The number of ether oxygens (including phenoxy) is 1. The number of nitrogens with zero attached hydrogens (tertiary/aromatic N) is 1. The van der Waals surface area contributed by atoms with Crippen molar-refractivity contribution in [2.75, 3.05) is 6.54 Å². The van der Waals surface area contributed by atoms with Crippen LogP contribution in [0.3, 0.4) is 0 Å². The highest BCUT2D eigenvalue weighted by atomic mass is 19.4. The molecule has 0 aromatic heterocycles. The number of rotatable bonds is 4. The molecule has 1 amide bonds. The van der Waals surface area contributed by atoms with Gasteiger partial charge in [0.15, 0.2) is 0 Å². The number of carbonyl (C=O) groups is 1. The van der Waals surface area contributed by atoms with E-state index in [0.29, 0.717) is 42.6 Å². The van der Waals surface area contributed by atoms with Crippen LogP contribution in [-0.4, -0.2) is 34.8 Å². The highest BCUT2D eigenvalue weighted by Crippen LogP contribution is 2.50. The predicted octanol–water partition coefficient (Wildman–Crippen LogP) is 6.61. The summed E-state index contributed by atoms with van der Waals surface area (Å²) in [5, 5.41) is 11.1. The summed E-state index contributed by atoms with van der Waals surface area (Å²) in [6, 6.07) is 5.47. The third-order valence-corrected chi connectivity index (χ3v) is 7.73. The van der Waals surface area contributed by atoms with Gasteiger partial charge < -0.3 is 14.7 Å². The van der Waals surface area contributed by atoms with Crippen LogP contribution in [0.4, 0.5) is 30.7 Å². The van der Waals surface area contributed by atoms with Crippen molar-refractivity contribution in [3.8, 4) is 0 Å². The van der Waals surface area contributed by atoms with Gasteiger partial charge in [0, 0.05) is 25.3 Å². The van der Waals surface area contributed by atoms with E-state index in [1.807, 2.05) is 0 Å². The fourth-order valence-corrected chi connectivity index (χ4v) is 5.94. The maximum atomic E-state index is 13.9. The fraction of sp³-hybridized carbons (Fsp3) is 0.519. The van der Waals surface area contributed by atoms with Gasteiger partial charge in [-0.05, 0) is 79.6 Å². The van der Waals surface area contributed by atoms with E-state index in [2.05, 4.69) is 0 Å². The van der Waals surface area contributed by atoms with Crippen LogP contribution >= 0.6 is 0 Å². The van der Waals surface area contributed by atoms with E-state index in [1.54, 1.807) is 13.0 Å². The maximum absolute atomic E-state index is 13.9. The highest BCUT2D eigenvalue weighted by Gasteiger charge is 2.52. The van der Waals surface area contributed by atoms with Gasteiger partial charge in [0.25, 0.3) is 0 Å². The third-order valence-electron chi connectivity index (χ3n) is 7.73. The van der Waals surface area contributed by atoms with E-state index < -0.39 is 59.6 Å². The number of hydrogen-bond acceptors (Lipinski definition) is 3. The molecule has 4 nitrogen and oxygen atoms in total. The summed E-state index contributed by atoms with van der Waals surface area (Å²) in [6.45, 7) is 4.70. The van der Waals surface area contributed by atoms with Crippen LogP contribution in [0, 0.1) is 24.6 Å². The smallest absolute Gasteiger partial charge is 0.373 e. The Morgan fingerprint density at radius 1 is 1.03 bits per heavy atom. The van der Waals surface area contributed by atoms with Crippen LogP contribution < -0.4 is 0 Å². The first-order valence-corrected chi connectivity index (χ1v) is 12.2. The lowest BCUT2D eigenvalue weighted by molar-refractivity contribution is -0.144. The van der Waals surface area contributed by atoms with Crippen LogP contribution in [0.15, 0.2) is 36.4 Å². The molecule has 0 radical (unpaired) electrons. The minimum Gasteiger partial charge on any atom is -0.373 e. The summed E-state index contributed by atoms with van der Waals surface area (Å²) in [7, 11) is 0. The van der Waals surface area contributed by atoms with Gasteiger partial charge in [-0.3, -0.25) is 4.79 Å².